The standard InChI is InChI=1S/C18H26N2/c1-15(16-7-2-3-8-16)19-12-6-13-20-14-11-17-9-4-5-10-18(17)20/h4-5,9-11,14-16,19H,2-3,6-8,12-13H2,1H3. The molecular weight excluding hydrogens is 244 g/mol. The molecule has 2 heteroatoms. The van der Waals surface area contributed by atoms with E-state index in [2.05, 4.69) is 53.3 Å². The van der Waals surface area contributed by atoms with Gasteiger partial charge in [0.1, 0.15) is 0 Å². The number of aromatic nitrogens is 1. The molecule has 108 valence electrons. The number of aryl methyl sites for hydroxylation is 1. The van der Waals surface area contributed by atoms with Gasteiger partial charge in [0.2, 0.25) is 0 Å². The molecule has 3 rings (SSSR count). The molecule has 1 unspecified atom stereocenters. The molecule has 20 heavy (non-hydrogen) atoms. The highest BCUT2D eigenvalue weighted by molar-refractivity contribution is 5.79. The number of benzene rings is 1. The van der Waals surface area contributed by atoms with E-state index in [9.17, 15) is 0 Å². The number of hydrogen-bond donors (Lipinski definition) is 1. The van der Waals surface area contributed by atoms with E-state index in [-0.39, 0.29) is 0 Å². The highest BCUT2D eigenvalue weighted by atomic mass is 15.0. The molecule has 1 aromatic carbocycles. The lowest BCUT2D eigenvalue weighted by Crippen LogP contribution is -2.33. The van der Waals surface area contributed by atoms with Gasteiger partial charge in [0.15, 0.2) is 0 Å². The van der Waals surface area contributed by atoms with Crippen molar-refractivity contribution in [2.24, 2.45) is 5.92 Å². The summed E-state index contributed by atoms with van der Waals surface area (Å²) in [6.07, 6.45) is 9.14. The molecule has 1 saturated carbocycles. The highest BCUT2D eigenvalue weighted by Gasteiger charge is 2.20. The van der Waals surface area contributed by atoms with Crippen LogP contribution in [0.15, 0.2) is 36.5 Å². The summed E-state index contributed by atoms with van der Waals surface area (Å²) in [5, 5.41) is 5.07. The van der Waals surface area contributed by atoms with Crippen LogP contribution in [0.3, 0.4) is 0 Å². The smallest absolute Gasteiger partial charge is 0.0480 e. The average Bonchev–Trinajstić information content (AvgIpc) is 3.13. The van der Waals surface area contributed by atoms with Crippen molar-refractivity contribution in [1.29, 1.82) is 0 Å². The number of nitrogens with zero attached hydrogens (tertiary/aromatic N) is 1. The van der Waals surface area contributed by atoms with Gasteiger partial charge in [-0.1, -0.05) is 31.0 Å². The van der Waals surface area contributed by atoms with Crippen LogP contribution in [0, 0.1) is 5.92 Å². The molecule has 1 aliphatic rings. The summed E-state index contributed by atoms with van der Waals surface area (Å²) in [6.45, 7) is 4.60. The van der Waals surface area contributed by atoms with Crippen molar-refractivity contribution in [3.8, 4) is 0 Å². The van der Waals surface area contributed by atoms with Gasteiger partial charge in [0.05, 0.1) is 0 Å². The topological polar surface area (TPSA) is 17.0 Å². The number of rotatable bonds is 6. The molecular formula is C18H26N2. The summed E-state index contributed by atoms with van der Waals surface area (Å²) in [4.78, 5) is 0. The van der Waals surface area contributed by atoms with Crippen molar-refractivity contribution in [2.45, 2.75) is 51.6 Å². The van der Waals surface area contributed by atoms with Gasteiger partial charge in [-0.05, 0) is 56.2 Å². The maximum Gasteiger partial charge on any atom is 0.0480 e. The van der Waals surface area contributed by atoms with Gasteiger partial charge in [-0.25, -0.2) is 0 Å². The number of fused-ring (bicyclic) bond motifs is 1. The van der Waals surface area contributed by atoms with Crippen LogP contribution in [-0.4, -0.2) is 17.2 Å². The Morgan fingerprint density at radius 3 is 2.85 bits per heavy atom. The predicted octanol–water partition coefficient (Wildman–Crippen LogP) is 4.20. The van der Waals surface area contributed by atoms with Crippen LogP contribution in [0.4, 0.5) is 0 Å². The van der Waals surface area contributed by atoms with E-state index in [0.717, 1.165) is 19.0 Å². The first-order chi connectivity index (χ1) is 9.84. The summed E-state index contributed by atoms with van der Waals surface area (Å²) < 4.78 is 2.37. The van der Waals surface area contributed by atoms with E-state index in [4.69, 9.17) is 0 Å². The molecule has 1 fully saturated rings. The van der Waals surface area contributed by atoms with E-state index in [1.807, 2.05) is 0 Å². The third-order valence-corrected chi connectivity index (χ3v) is 4.83. The second-order valence-corrected chi connectivity index (χ2v) is 6.21. The lowest BCUT2D eigenvalue weighted by molar-refractivity contribution is 0.377. The summed E-state index contributed by atoms with van der Waals surface area (Å²) in [5.74, 6) is 0.919. The quantitative estimate of drug-likeness (QED) is 0.778. The first kappa shape index (κ1) is 13.7. The Morgan fingerprint density at radius 2 is 2.00 bits per heavy atom. The average molecular weight is 270 g/mol. The molecule has 1 aliphatic carbocycles. The van der Waals surface area contributed by atoms with E-state index < -0.39 is 0 Å². The minimum absolute atomic E-state index is 0.693. The van der Waals surface area contributed by atoms with Gasteiger partial charge >= 0.3 is 0 Å². The second kappa shape index (κ2) is 6.45. The maximum absolute atomic E-state index is 3.72. The summed E-state index contributed by atoms with van der Waals surface area (Å²) >= 11 is 0. The molecule has 1 aromatic heterocycles. The van der Waals surface area contributed by atoms with Gasteiger partial charge in [-0.2, -0.15) is 0 Å². The zero-order valence-electron chi connectivity index (χ0n) is 12.5. The van der Waals surface area contributed by atoms with Gasteiger partial charge in [0, 0.05) is 24.3 Å². The van der Waals surface area contributed by atoms with Crippen molar-refractivity contribution in [3.05, 3.63) is 36.5 Å². The van der Waals surface area contributed by atoms with Crippen molar-refractivity contribution in [1.82, 2.24) is 9.88 Å². The van der Waals surface area contributed by atoms with E-state index in [1.54, 1.807) is 0 Å². The Kier molecular flexibility index (Phi) is 4.41. The molecule has 0 saturated heterocycles. The van der Waals surface area contributed by atoms with Gasteiger partial charge in [0.25, 0.3) is 0 Å². The van der Waals surface area contributed by atoms with Crippen LogP contribution in [0.2, 0.25) is 0 Å². The second-order valence-electron chi connectivity index (χ2n) is 6.21. The molecule has 2 nitrogen and oxygen atoms in total. The monoisotopic (exact) mass is 270 g/mol. The third-order valence-electron chi connectivity index (χ3n) is 4.83. The SMILES string of the molecule is CC(NCCCn1ccc2ccccc21)C1CCCC1. The Hall–Kier alpha value is -1.28. The van der Waals surface area contributed by atoms with Gasteiger partial charge in [-0.15, -0.1) is 0 Å². The predicted molar refractivity (Wildman–Crippen MR) is 86.0 cm³/mol. The number of hydrogen-bond acceptors (Lipinski definition) is 1. The fourth-order valence-corrected chi connectivity index (χ4v) is 3.54. The molecule has 2 aromatic rings. The summed E-state index contributed by atoms with van der Waals surface area (Å²) in [5.41, 5.74) is 1.36. The molecule has 0 spiro atoms. The summed E-state index contributed by atoms with van der Waals surface area (Å²) in [7, 11) is 0. The van der Waals surface area contributed by atoms with Crippen molar-refractivity contribution in [2.75, 3.05) is 6.54 Å². The Labute approximate surface area is 122 Å². The first-order valence-electron chi connectivity index (χ1n) is 8.12. The third kappa shape index (κ3) is 3.06. The van der Waals surface area contributed by atoms with Crippen LogP contribution < -0.4 is 5.32 Å². The Balaban J connectivity index is 1.45. The molecule has 0 radical (unpaired) electrons. The highest BCUT2D eigenvalue weighted by Crippen LogP contribution is 2.27. The maximum atomic E-state index is 3.72. The Morgan fingerprint density at radius 1 is 1.20 bits per heavy atom. The molecule has 1 atom stereocenters. The minimum atomic E-state index is 0.693. The molecule has 1 N–H and O–H groups in total. The van der Waals surface area contributed by atoms with Crippen molar-refractivity contribution < 1.29 is 0 Å². The Bertz CT molecular complexity index is 537. The van der Waals surface area contributed by atoms with Crippen molar-refractivity contribution >= 4 is 10.9 Å². The molecule has 0 amide bonds. The van der Waals surface area contributed by atoms with Crippen LogP contribution >= 0.6 is 0 Å². The zero-order valence-corrected chi connectivity index (χ0v) is 12.5. The molecule has 1 heterocycles. The first-order valence-corrected chi connectivity index (χ1v) is 8.12. The van der Waals surface area contributed by atoms with E-state index in [1.165, 1.54) is 43.0 Å². The fourth-order valence-electron chi connectivity index (χ4n) is 3.54. The zero-order chi connectivity index (χ0) is 13.8. The lowest BCUT2D eigenvalue weighted by Gasteiger charge is -2.20. The largest absolute Gasteiger partial charge is 0.347 e. The number of para-hydroxylation sites is 1. The van der Waals surface area contributed by atoms with Crippen LogP contribution in [0.1, 0.15) is 39.0 Å². The van der Waals surface area contributed by atoms with E-state index >= 15 is 0 Å². The van der Waals surface area contributed by atoms with Gasteiger partial charge in [-0.3, -0.25) is 0 Å². The fraction of sp³-hybridized carbons (Fsp3) is 0.556. The van der Waals surface area contributed by atoms with E-state index in [0.29, 0.717) is 6.04 Å². The van der Waals surface area contributed by atoms with Crippen LogP contribution in [0.5, 0.6) is 0 Å². The summed E-state index contributed by atoms with van der Waals surface area (Å²) in [6, 6.07) is 11.5. The van der Waals surface area contributed by atoms with Crippen LogP contribution in [0.25, 0.3) is 10.9 Å². The van der Waals surface area contributed by atoms with Crippen molar-refractivity contribution in [3.63, 3.8) is 0 Å². The van der Waals surface area contributed by atoms with Gasteiger partial charge < -0.3 is 9.88 Å². The molecule has 0 aliphatic heterocycles. The minimum Gasteiger partial charge on any atom is -0.347 e. The lowest BCUT2D eigenvalue weighted by atomic mass is 10.00. The molecule has 0 bridgehead atoms. The number of nitrogens with one attached hydrogen (secondary N) is 1. The normalized spacial score (nSPS) is 17.9. The van der Waals surface area contributed by atoms with Crippen LogP contribution in [-0.2, 0) is 6.54 Å².